The van der Waals surface area contributed by atoms with Gasteiger partial charge in [-0.2, -0.15) is 5.10 Å². The highest BCUT2D eigenvalue weighted by atomic mass is 19.3. The zero-order valence-corrected chi connectivity index (χ0v) is 17.5. The standard InChI is InChI=1S/C22H22F3N5O2/c1-11(2)19-14-7-6-13(8-16(14)28-29-19)26-15-5-3-4-12-9-30(22(32)18(12)15)10-17(31)27-21(25)20(23)24/h3-8,11,20-21,26H,9-10H2,1-2H3,(H,27,31)(H,28,29). The van der Waals surface area contributed by atoms with Crippen molar-refractivity contribution >= 4 is 34.1 Å². The minimum atomic E-state index is -3.33. The van der Waals surface area contributed by atoms with E-state index in [1.807, 2.05) is 18.2 Å². The Balaban J connectivity index is 1.52. The van der Waals surface area contributed by atoms with E-state index in [-0.39, 0.29) is 6.54 Å². The molecular weight excluding hydrogens is 423 g/mol. The number of alkyl halides is 3. The van der Waals surface area contributed by atoms with Crippen LogP contribution < -0.4 is 10.6 Å². The molecule has 2 aromatic carbocycles. The van der Waals surface area contributed by atoms with E-state index in [2.05, 4.69) is 29.4 Å². The number of amides is 2. The lowest BCUT2D eigenvalue weighted by molar-refractivity contribution is -0.125. The van der Waals surface area contributed by atoms with Gasteiger partial charge in [0.25, 0.3) is 12.3 Å². The summed E-state index contributed by atoms with van der Waals surface area (Å²) in [5.41, 5.74) is 4.17. The van der Waals surface area contributed by atoms with Gasteiger partial charge in [-0.25, -0.2) is 13.2 Å². The van der Waals surface area contributed by atoms with Gasteiger partial charge in [0.05, 0.1) is 16.8 Å². The Morgan fingerprint density at radius 3 is 2.72 bits per heavy atom. The number of H-pyrrole nitrogens is 1. The second-order valence-corrected chi connectivity index (χ2v) is 7.95. The van der Waals surface area contributed by atoms with Gasteiger partial charge in [0.2, 0.25) is 12.2 Å². The Kier molecular flexibility index (Phi) is 5.77. The Hall–Kier alpha value is -3.56. The summed E-state index contributed by atoms with van der Waals surface area (Å²) >= 11 is 0. The minimum Gasteiger partial charge on any atom is -0.355 e. The molecule has 2 heterocycles. The number of carbonyl (C=O) groups excluding carboxylic acids is 2. The van der Waals surface area contributed by atoms with Gasteiger partial charge in [-0.05, 0) is 35.7 Å². The molecule has 0 radical (unpaired) electrons. The van der Waals surface area contributed by atoms with Gasteiger partial charge in [0.15, 0.2) is 0 Å². The number of hydrogen-bond donors (Lipinski definition) is 3. The van der Waals surface area contributed by atoms with Crippen LogP contribution in [-0.2, 0) is 11.3 Å². The molecule has 0 spiro atoms. The third-order valence-electron chi connectivity index (χ3n) is 5.31. The van der Waals surface area contributed by atoms with E-state index >= 15 is 0 Å². The summed E-state index contributed by atoms with van der Waals surface area (Å²) in [6.45, 7) is 3.76. The van der Waals surface area contributed by atoms with Crippen LogP contribution in [0.2, 0.25) is 0 Å². The van der Waals surface area contributed by atoms with Gasteiger partial charge in [0.1, 0.15) is 6.54 Å². The van der Waals surface area contributed by atoms with Crippen molar-refractivity contribution in [1.29, 1.82) is 0 Å². The Morgan fingerprint density at radius 2 is 2.00 bits per heavy atom. The summed E-state index contributed by atoms with van der Waals surface area (Å²) in [6, 6.07) is 11.0. The quantitative estimate of drug-likeness (QED) is 0.479. The van der Waals surface area contributed by atoms with Gasteiger partial charge >= 0.3 is 0 Å². The molecule has 0 saturated carbocycles. The van der Waals surface area contributed by atoms with Crippen molar-refractivity contribution in [2.75, 3.05) is 11.9 Å². The fourth-order valence-corrected chi connectivity index (χ4v) is 3.79. The monoisotopic (exact) mass is 445 g/mol. The third kappa shape index (κ3) is 4.12. The van der Waals surface area contributed by atoms with Crippen LogP contribution >= 0.6 is 0 Å². The number of nitrogens with zero attached hydrogens (tertiary/aromatic N) is 2. The molecule has 7 nitrogen and oxygen atoms in total. The van der Waals surface area contributed by atoms with Crippen LogP contribution in [0, 0.1) is 0 Å². The molecule has 1 unspecified atom stereocenters. The molecule has 0 bridgehead atoms. The predicted octanol–water partition coefficient (Wildman–Crippen LogP) is 4.06. The number of aromatic amines is 1. The van der Waals surface area contributed by atoms with Gasteiger partial charge in [-0.1, -0.05) is 26.0 Å². The second-order valence-electron chi connectivity index (χ2n) is 7.95. The fraction of sp³-hybridized carbons (Fsp3) is 0.318. The van der Waals surface area contributed by atoms with Crippen molar-refractivity contribution in [3.05, 3.63) is 53.2 Å². The molecule has 0 aliphatic carbocycles. The Morgan fingerprint density at radius 1 is 1.22 bits per heavy atom. The van der Waals surface area contributed by atoms with Crippen LogP contribution in [0.15, 0.2) is 36.4 Å². The molecule has 168 valence electrons. The smallest absolute Gasteiger partial charge is 0.287 e. The molecule has 3 N–H and O–H groups in total. The first-order valence-corrected chi connectivity index (χ1v) is 10.1. The van der Waals surface area contributed by atoms with E-state index in [0.717, 1.165) is 22.3 Å². The number of anilines is 2. The van der Waals surface area contributed by atoms with Gasteiger partial charge in [-0.15, -0.1) is 0 Å². The number of fused-ring (bicyclic) bond motifs is 2. The van der Waals surface area contributed by atoms with Crippen molar-refractivity contribution in [2.45, 2.75) is 39.0 Å². The Labute approximate surface area is 182 Å². The molecule has 3 aromatic rings. The third-order valence-corrected chi connectivity index (χ3v) is 5.31. The van der Waals surface area contributed by atoms with E-state index in [9.17, 15) is 22.8 Å². The molecule has 2 amide bonds. The first kappa shape index (κ1) is 21.7. The van der Waals surface area contributed by atoms with Crippen molar-refractivity contribution in [1.82, 2.24) is 20.4 Å². The molecule has 0 fully saturated rings. The van der Waals surface area contributed by atoms with Gasteiger partial charge in [-0.3, -0.25) is 14.7 Å². The van der Waals surface area contributed by atoms with Crippen LogP contribution in [0.5, 0.6) is 0 Å². The summed E-state index contributed by atoms with van der Waals surface area (Å²) in [7, 11) is 0. The maximum Gasteiger partial charge on any atom is 0.287 e. The van der Waals surface area contributed by atoms with E-state index < -0.39 is 31.1 Å². The lowest BCUT2D eigenvalue weighted by Crippen LogP contribution is -2.43. The summed E-state index contributed by atoms with van der Waals surface area (Å²) < 4.78 is 37.7. The molecule has 1 aliphatic heterocycles. The lowest BCUT2D eigenvalue weighted by atomic mass is 10.1. The molecule has 1 aliphatic rings. The highest BCUT2D eigenvalue weighted by Crippen LogP contribution is 2.32. The molecule has 1 atom stereocenters. The molecule has 1 aromatic heterocycles. The number of halogens is 3. The molecule has 32 heavy (non-hydrogen) atoms. The summed E-state index contributed by atoms with van der Waals surface area (Å²) in [5.74, 6) is -1.13. The van der Waals surface area contributed by atoms with E-state index in [1.165, 1.54) is 4.90 Å². The topological polar surface area (TPSA) is 90.1 Å². The number of rotatable bonds is 7. The average Bonchev–Trinajstić information content (AvgIpc) is 3.29. The zero-order chi connectivity index (χ0) is 23.0. The highest BCUT2D eigenvalue weighted by molar-refractivity contribution is 6.05. The SMILES string of the molecule is CC(C)c1[nH]nc2cc(Nc3cccc4c3C(=O)N(CC(=O)NC(F)C(F)F)C4)ccc12. The zero-order valence-electron chi connectivity index (χ0n) is 17.5. The normalized spacial score (nSPS) is 14.3. The first-order chi connectivity index (χ1) is 15.2. The molecule has 4 rings (SSSR count). The summed E-state index contributed by atoms with van der Waals surface area (Å²) in [6.07, 6.45) is -6.10. The molecule has 10 heteroatoms. The number of nitrogens with one attached hydrogen (secondary N) is 3. The van der Waals surface area contributed by atoms with E-state index in [1.54, 1.807) is 23.5 Å². The first-order valence-electron chi connectivity index (χ1n) is 10.1. The maximum atomic E-state index is 13.1. The van der Waals surface area contributed by atoms with Crippen LogP contribution in [0.3, 0.4) is 0 Å². The largest absolute Gasteiger partial charge is 0.355 e. The van der Waals surface area contributed by atoms with Crippen LogP contribution in [-0.4, -0.2) is 46.2 Å². The van der Waals surface area contributed by atoms with E-state index in [4.69, 9.17) is 0 Å². The second kappa shape index (κ2) is 8.52. The van der Waals surface area contributed by atoms with Gasteiger partial charge < -0.3 is 15.5 Å². The van der Waals surface area contributed by atoms with Crippen molar-refractivity contribution in [3.8, 4) is 0 Å². The van der Waals surface area contributed by atoms with Crippen molar-refractivity contribution < 1.29 is 22.8 Å². The van der Waals surface area contributed by atoms with Crippen LogP contribution in [0.1, 0.15) is 41.4 Å². The number of benzene rings is 2. The van der Waals surface area contributed by atoms with E-state index in [0.29, 0.717) is 22.7 Å². The van der Waals surface area contributed by atoms with Crippen LogP contribution in [0.25, 0.3) is 10.9 Å². The molecule has 0 saturated heterocycles. The number of aromatic nitrogens is 2. The highest BCUT2D eigenvalue weighted by Gasteiger charge is 2.32. The van der Waals surface area contributed by atoms with Crippen molar-refractivity contribution in [2.24, 2.45) is 0 Å². The fourth-order valence-electron chi connectivity index (χ4n) is 3.79. The maximum absolute atomic E-state index is 13.1. The van der Waals surface area contributed by atoms with Gasteiger partial charge in [0, 0.05) is 23.3 Å². The molecular formula is C22H22F3N5O2. The Bertz CT molecular complexity index is 1180. The predicted molar refractivity (Wildman–Crippen MR) is 114 cm³/mol. The summed E-state index contributed by atoms with van der Waals surface area (Å²) in [4.78, 5) is 25.9. The van der Waals surface area contributed by atoms with Crippen LogP contribution in [0.4, 0.5) is 24.5 Å². The average molecular weight is 445 g/mol. The minimum absolute atomic E-state index is 0.124. The number of carbonyl (C=O) groups is 2. The number of hydrogen-bond acceptors (Lipinski definition) is 4. The van der Waals surface area contributed by atoms with Crippen molar-refractivity contribution in [3.63, 3.8) is 0 Å². The lowest BCUT2D eigenvalue weighted by Gasteiger charge is -2.17. The summed E-state index contributed by atoms with van der Waals surface area (Å²) in [5, 5.41) is 13.2.